The van der Waals surface area contributed by atoms with E-state index in [1.807, 2.05) is 24.3 Å². The number of carbonyl (C=O) groups excluding carboxylic acids is 1. The molecule has 120 valence electrons. The lowest BCUT2D eigenvalue weighted by molar-refractivity contribution is -0.115. The molecule has 0 radical (unpaired) electrons. The average Bonchev–Trinajstić information content (AvgIpc) is 3.21. The van der Waals surface area contributed by atoms with Gasteiger partial charge in [-0.25, -0.2) is 0 Å². The molecule has 5 heteroatoms. The van der Waals surface area contributed by atoms with Crippen molar-refractivity contribution in [1.82, 2.24) is 4.90 Å². The van der Waals surface area contributed by atoms with Gasteiger partial charge in [-0.05, 0) is 56.7 Å². The lowest BCUT2D eigenvalue weighted by Gasteiger charge is -2.15. The van der Waals surface area contributed by atoms with Gasteiger partial charge >= 0.3 is 0 Å². The standard InChI is InChI=1S/C17H24N2O2S/c20-17(16-7-4-12-22-16)18-14-5-3-6-15(13-14)21-11-10-19-8-1-2-9-19/h3,5-6,13,16H,1-2,4,7-12H2,(H,18,20)/t16-/m0/s1. The van der Waals surface area contributed by atoms with E-state index in [1.54, 1.807) is 11.8 Å². The average molecular weight is 320 g/mol. The molecule has 0 bridgehead atoms. The number of ether oxygens (including phenoxy) is 1. The third kappa shape index (κ3) is 4.40. The Labute approximate surface area is 136 Å². The van der Waals surface area contributed by atoms with Crippen molar-refractivity contribution >= 4 is 23.4 Å². The fraction of sp³-hybridized carbons (Fsp3) is 0.588. The Bertz CT molecular complexity index is 497. The van der Waals surface area contributed by atoms with Gasteiger partial charge < -0.3 is 10.1 Å². The highest BCUT2D eigenvalue weighted by Crippen LogP contribution is 2.27. The fourth-order valence-corrected chi connectivity index (χ4v) is 4.13. The molecule has 0 spiro atoms. The highest BCUT2D eigenvalue weighted by atomic mass is 32.2. The second kappa shape index (κ2) is 7.88. The molecule has 2 saturated heterocycles. The van der Waals surface area contributed by atoms with Crippen molar-refractivity contribution in [3.05, 3.63) is 24.3 Å². The van der Waals surface area contributed by atoms with Crippen LogP contribution in [-0.4, -0.2) is 48.1 Å². The van der Waals surface area contributed by atoms with Gasteiger partial charge in [-0.2, -0.15) is 0 Å². The molecule has 1 aromatic rings. The molecule has 1 atom stereocenters. The van der Waals surface area contributed by atoms with E-state index < -0.39 is 0 Å². The Morgan fingerprint density at radius 2 is 2.18 bits per heavy atom. The van der Waals surface area contributed by atoms with Crippen LogP contribution in [-0.2, 0) is 4.79 Å². The first-order chi connectivity index (χ1) is 10.8. The van der Waals surface area contributed by atoms with Crippen LogP contribution in [0, 0.1) is 0 Å². The number of benzene rings is 1. The Hall–Kier alpha value is -1.20. The Balaban J connectivity index is 1.47. The van der Waals surface area contributed by atoms with E-state index in [-0.39, 0.29) is 11.2 Å². The van der Waals surface area contributed by atoms with Gasteiger partial charge in [0.25, 0.3) is 0 Å². The zero-order valence-corrected chi connectivity index (χ0v) is 13.7. The summed E-state index contributed by atoms with van der Waals surface area (Å²) < 4.78 is 5.82. The highest BCUT2D eigenvalue weighted by Gasteiger charge is 2.23. The normalized spacial score (nSPS) is 21.9. The number of anilines is 1. The molecular formula is C17H24N2O2S. The first kappa shape index (κ1) is 15.7. The summed E-state index contributed by atoms with van der Waals surface area (Å²) in [5, 5.41) is 3.12. The summed E-state index contributed by atoms with van der Waals surface area (Å²) in [5.74, 6) is 2.05. The van der Waals surface area contributed by atoms with Gasteiger partial charge in [-0.3, -0.25) is 9.69 Å². The van der Waals surface area contributed by atoms with Gasteiger partial charge in [0.15, 0.2) is 0 Å². The molecule has 1 aromatic carbocycles. The van der Waals surface area contributed by atoms with Gasteiger partial charge in [0, 0.05) is 18.3 Å². The topological polar surface area (TPSA) is 41.6 Å². The van der Waals surface area contributed by atoms with E-state index in [2.05, 4.69) is 10.2 Å². The van der Waals surface area contributed by atoms with Crippen LogP contribution in [0.1, 0.15) is 25.7 Å². The lowest BCUT2D eigenvalue weighted by atomic mass is 10.2. The number of carbonyl (C=O) groups is 1. The van der Waals surface area contributed by atoms with Crippen LogP contribution < -0.4 is 10.1 Å². The molecule has 1 N–H and O–H groups in total. The molecule has 0 saturated carbocycles. The molecule has 2 fully saturated rings. The van der Waals surface area contributed by atoms with Gasteiger partial charge in [-0.1, -0.05) is 6.07 Å². The summed E-state index contributed by atoms with van der Waals surface area (Å²) in [7, 11) is 0. The first-order valence-electron chi connectivity index (χ1n) is 8.19. The van der Waals surface area contributed by atoms with Crippen LogP contribution in [0.25, 0.3) is 0 Å². The second-order valence-electron chi connectivity index (χ2n) is 5.92. The van der Waals surface area contributed by atoms with E-state index in [4.69, 9.17) is 4.74 Å². The summed E-state index contributed by atoms with van der Waals surface area (Å²) in [6.07, 6.45) is 4.74. The Kier molecular flexibility index (Phi) is 5.62. The van der Waals surface area contributed by atoms with Crippen molar-refractivity contribution in [3.63, 3.8) is 0 Å². The third-order valence-electron chi connectivity index (χ3n) is 4.20. The number of nitrogens with zero attached hydrogens (tertiary/aromatic N) is 1. The maximum Gasteiger partial charge on any atom is 0.237 e. The summed E-state index contributed by atoms with van der Waals surface area (Å²) >= 11 is 1.75. The van der Waals surface area contributed by atoms with Crippen LogP contribution in [0.15, 0.2) is 24.3 Å². The van der Waals surface area contributed by atoms with E-state index >= 15 is 0 Å². The molecule has 4 nitrogen and oxygen atoms in total. The molecular weight excluding hydrogens is 296 g/mol. The van der Waals surface area contributed by atoms with Crippen molar-refractivity contribution in [3.8, 4) is 5.75 Å². The van der Waals surface area contributed by atoms with Gasteiger partial charge in [0.2, 0.25) is 5.91 Å². The zero-order chi connectivity index (χ0) is 15.2. The minimum Gasteiger partial charge on any atom is -0.492 e. The zero-order valence-electron chi connectivity index (χ0n) is 12.9. The molecule has 0 aliphatic carbocycles. The number of rotatable bonds is 6. The number of hydrogen-bond acceptors (Lipinski definition) is 4. The molecule has 2 aliphatic rings. The highest BCUT2D eigenvalue weighted by molar-refractivity contribution is 8.00. The van der Waals surface area contributed by atoms with E-state index in [9.17, 15) is 4.79 Å². The molecule has 0 aromatic heterocycles. The minimum atomic E-state index is 0.111. The van der Waals surface area contributed by atoms with Gasteiger partial charge in [-0.15, -0.1) is 11.8 Å². The maximum absolute atomic E-state index is 12.1. The number of likely N-dealkylation sites (tertiary alicyclic amines) is 1. The SMILES string of the molecule is O=C(Nc1cccc(OCCN2CCCC2)c1)[C@@H]1CCCS1. The summed E-state index contributed by atoms with van der Waals surface area (Å²) in [6, 6.07) is 7.72. The molecule has 1 amide bonds. The molecule has 3 rings (SSSR count). The summed E-state index contributed by atoms with van der Waals surface area (Å²) in [5.41, 5.74) is 0.830. The van der Waals surface area contributed by atoms with Crippen LogP contribution in [0.5, 0.6) is 5.75 Å². The van der Waals surface area contributed by atoms with E-state index in [0.29, 0.717) is 6.61 Å². The maximum atomic E-state index is 12.1. The van der Waals surface area contributed by atoms with Crippen molar-refractivity contribution < 1.29 is 9.53 Å². The number of thioether (sulfide) groups is 1. The van der Waals surface area contributed by atoms with Crippen LogP contribution in [0.3, 0.4) is 0 Å². The predicted molar refractivity (Wildman–Crippen MR) is 91.7 cm³/mol. The van der Waals surface area contributed by atoms with Crippen LogP contribution in [0.4, 0.5) is 5.69 Å². The summed E-state index contributed by atoms with van der Waals surface area (Å²) in [4.78, 5) is 14.6. The Morgan fingerprint density at radius 3 is 2.95 bits per heavy atom. The van der Waals surface area contributed by atoms with E-state index in [0.717, 1.165) is 36.6 Å². The monoisotopic (exact) mass is 320 g/mol. The number of nitrogens with one attached hydrogen (secondary N) is 1. The summed E-state index contributed by atoms with van der Waals surface area (Å²) in [6.45, 7) is 4.07. The predicted octanol–water partition coefficient (Wildman–Crippen LogP) is 3.00. The molecule has 0 unspecified atom stereocenters. The number of hydrogen-bond donors (Lipinski definition) is 1. The van der Waals surface area contributed by atoms with Crippen LogP contribution >= 0.6 is 11.8 Å². The first-order valence-corrected chi connectivity index (χ1v) is 9.24. The molecule has 2 heterocycles. The van der Waals surface area contributed by atoms with Crippen molar-refractivity contribution in [2.75, 3.05) is 37.3 Å². The fourth-order valence-electron chi connectivity index (χ4n) is 2.97. The largest absolute Gasteiger partial charge is 0.492 e. The Morgan fingerprint density at radius 1 is 1.32 bits per heavy atom. The van der Waals surface area contributed by atoms with Crippen LogP contribution in [0.2, 0.25) is 0 Å². The van der Waals surface area contributed by atoms with Crippen molar-refractivity contribution in [2.24, 2.45) is 0 Å². The van der Waals surface area contributed by atoms with Gasteiger partial charge in [0.1, 0.15) is 12.4 Å². The third-order valence-corrected chi connectivity index (χ3v) is 5.58. The molecule has 22 heavy (non-hydrogen) atoms. The van der Waals surface area contributed by atoms with E-state index in [1.165, 1.54) is 25.9 Å². The second-order valence-corrected chi connectivity index (χ2v) is 7.23. The lowest BCUT2D eigenvalue weighted by Crippen LogP contribution is -2.25. The number of amides is 1. The minimum absolute atomic E-state index is 0.111. The smallest absolute Gasteiger partial charge is 0.237 e. The molecule has 2 aliphatic heterocycles. The van der Waals surface area contributed by atoms with Crippen molar-refractivity contribution in [1.29, 1.82) is 0 Å². The van der Waals surface area contributed by atoms with Crippen molar-refractivity contribution in [2.45, 2.75) is 30.9 Å². The quantitative estimate of drug-likeness (QED) is 0.875. The van der Waals surface area contributed by atoms with Gasteiger partial charge in [0.05, 0.1) is 5.25 Å².